The summed E-state index contributed by atoms with van der Waals surface area (Å²) in [5, 5.41) is 5.85. The van der Waals surface area contributed by atoms with Crippen LogP contribution in [0.3, 0.4) is 0 Å². The Morgan fingerprint density at radius 3 is 3.06 bits per heavy atom. The molecule has 0 aromatic carbocycles. The van der Waals surface area contributed by atoms with E-state index >= 15 is 0 Å². The molecule has 5 N–H and O–H groups in total. The van der Waals surface area contributed by atoms with Crippen molar-refractivity contribution in [3.8, 4) is 0 Å². The number of nitrogens with two attached hydrogens (primary N) is 1. The standard InChI is InChI=1S/C11H17N5O2/c12-9-10(14-6-15-11(9)18)13-5-1-2-8(17)16-7-3-4-7/h6-7H,1-5,12H2,(H,16,17)(H2,13,14,15,18). The molecule has 1 aromatic heterocycles. The Balaban J connectivity index is 1.69. The number of aromatic nitrogens is 2. The number of hydrogen-bond donors (Lipinski definition) is 4. The lowest BCUT2D eigenvalue weighted by Gasteiger charge is -2.07. The number of carbonyl (C=O) groups is 1. The third-order valence-corrected chi connectivity index (χ3v) is 2.70. The van der Waals surface area contributed by atoms with Crippen molar-refractivity contribution in [1.29, 1.82) is 0 Å². The summed E-state index contributed by atoms with van der Waals surface area (Å²) >= 11 is 0. The molecule has 98 valence electrons. The quantitative estimate of drug-likeness (QED) is 0.524. The fourth-order valence-corrected chi connectivity index (χ4v) is 1.53. The third kappa shape index (κ3) is 3.47. The van der Waals surface area contributed by atoms with Crippen LogP contribution in [0.15, 0.2) is 11.1 Å². The number of nitrogens with one attached hydrogen (secondary N) is 3. The van der Waals surface area contributed by atoms with Gasteiger partial charge in [0.1, 0.15) is 5.69 Å². The van der Waals surface area contributed by atoms with Gasteiger partial charge in [0.15, 0.2) is 5.82 Å². The van der Waals surface area contributed by atoms with Gasteiger partial charge in [-0.3, -0.25) is 9.59 Å². The van der Waals surface area contributed by atoms with E-state index in [0.29, 0.717) is 31.2 Å². The molecule has 7 nitrogen and oxygen atoms in total. The molecule has 1 aliphatic rings. The Bertz CT molecular complexity index is 481. The number of carbonyl (C=O) groups excluding carboxylic acids is 1. The monoisotopic (exact) mass is 251 g/mol. The van der Waals surface area contributed by atoms with E-state index in [1.54, 1.807) is 0 Å². The van der Waals surface area contributed by atoms with E-state index in [-0.39, 0.29) is 17.2 Å². The van der Waals surface area contributed by atoms with Gasteiger partial charge in [0.25, 0.3) is 5.56 Å². The molecule has 2 rings (SSSR count). The zero-order chi connectivity index (χ0) is 13.0. The van der Waals surface area contributed by atoms with Crippen molar-refractivity contribution in [3.63, 3.8) is 0 Å². The maximum absolute atomic E-state index is 11.4. The van der Waals surface area contributed by atoms with Crippen molar-refractivity contribution >= 4 is 17.4 Å². The molecule has 0 bridgehead atoms. The molecule has 1 fully saturated rings. The first kappa shape index (κ1) is 12.4. The average molecular weight is 251 g/mol. The highest BCUT2D eigenvalue weighted by Crippen LogP contribution is 2.18. The van der Waals surface area contributed by atoms with Gasteiger partial charge < -0.3 is 21.4 Å². The van der Waals surface area contributed by atoms with Crippen LogP contribution in [0.1, 0.15) is 25.7 Å². The Morgan fingerprint density at radius 2 is 2.33 bits per heavy atom. The van der Waals surface area contributed by atoms with Gasteiger partial charge in [0.2, 0.25) is 5.91 Å². The summed E-state index contributed by atoms with van der Waals surface area (Å²) < 4.78 is 0. The van der Waals surface area contributed by atoms with Crippen LogP contribution in [-0.4, -0.2) is 28.5 Å². The second-order valence-electron chi connectivity index (χ2n) is 4.37. The molecule has 1 amide bonds. The summed E-state index contributed by atoms with van der Waals surface area (Å²) in [6, 6.07) is 0.399. The molecule has 0 aliphatic heterocycles. The topological polar surface area (TPSA) is 113 Å². The minimum Gasteiger partial charge on any atom is -0.391 e. The molecule has 1 heterocycles. The highest BCUT2D eigenvalue weighted by Gasteiger charge is 2.22. The Kier molecular flexibility index (Phi) is 3.81. The first-order chi connectivity index (χ1) is 8.66. The van der Waals surface area contributed by atoms with Crippen LogP contribution >= 0.6 is 0 Å². The number of nitrogen functional groups attached to an aromatic ring is 1. The predicted molar refractivity (Wildman–Crippen MR) is 68.2 cm³/mol. The van der Waals surface area contributed by atoms with Gasteiger partial charge in [-0.15, -0.1) is 0 Å². The Hall–Kier alpha value is -2.05. The van der Waals surface area contributed by atoms with Crippen LogP contribution in [0.5, 0.6) is 0 Å². The lowest BCUT2D eigenvalue weighted by atomic mass is 10.3. The molecule has 1 saturated carbocycles. The summed E-state index contributed by atoms with van der Waals surface area (Å²) in [4.78, 5) is 28.9. The van der Waals surface area contributed by atoms with Gasteiger partial charge in [-0.1, -0.05) is 0 Å². The van der Waals surface area contributed by atoms with Crippen LogP contribution in [0.25, 0.3) is 0 Å². The second kappa shape index (κ2) is 5.52. The van der Waals surface area contributed by atoms with Gasteiger partial charge in [-0.05, 0) is 19.3 Å². The van der Waals surface area contributed by atoms with Gasteiger partial charge in [-0.25, -0.2) is 4.98 Å². The number of aromatic amines is 1. The SMILES string of the molecule is Nc1c(NCCCC(=O)NC2CC2)nc[nH]c1=O. The summed E-state index contributed by atoms with van der Waals surface area (Å²) in [7, 11) is 0. The fourth-order valence-electron chi connectivity index (χ4n) is 1.53. The van der Waals surface area contributed by atoms with E-state index < -0.39 is 0 Å². The molecular formula is C11H17N5O2. The zero-order valence-electron chi connectivity index (χ0n) is 10.0. The Labute approximate surface area is 104 Å². The van der Waals surface area contributed by atoms with Crippen molar-refractivity contribution < 1.29 is 4.79 Å². The first-order valence-corrected chi connectivity index (χ1v) is 6.03. The number of amides is 1. The van der Waals surface area contributed by atoms with Crippen molar-refractivity contribution in [1.82, 2.24) is 15.3 Å². The highest BCUT2D eigenvalue weighted by atomic mass is 16.1. The first-order valence-electron chi connectivity index (χ1n) is 6.03. The maximum atomic E-state index is 11.4. The van der Waals surface area contributed by atoms with Crippen LogP contribution in [0.4, 0.5) is 11.5 Å². The summed E-state index contributed by atoms with van der Waals surface area (Å²) in [6.45, 7) is 0.554. The minimum absolute atomic E-state index is 0.0694. The van der Waals surface area contributed by atoms with E-state index in [1.165, 1.54) is 6.33 Å². The molecule has 0 spiro atoms. The van der Waals surface area contributed by atoms with Crippen molar-refractivity contribution in [2.75, 3.05) is 17.6 Å². The van der Waals surface area contributed by atoms with Gasteiger partial charge in [0.05, 0.1) is 6.33 Å². The molecule has 1 aromatic rings. The van der Waals surface area contributed by atoms with Crippen LogP contribution in [0, 0.1) is 0 Å². The molecule has 7 heteroatoms. The van der Waals surface area contributed by atoms with Crippen molar-refractivity contribution in [3.05, 3.63) is 16.7 Å². The molecule has 0 saturated heterocycles. The van der Waals surface area contributed by atoms with Gasteiger partial charge >= 0.3 is 0 Å². The van der Waals surface area contributed by atoms with Crippen molar-refractivity contribution in [2.24, 2.45) is 0 Å². The lowest BCUT2D eigenvalue weighted by Crippen LogP contribution is -2.25. The number of anilines is 2. The van der Waals surface area contributed by atoms with E-state index in [1.807, 2.05) is 0 Å². The molecule has 0 radical (unpaired) electrons. The minimum atomic E-state index is -0.362. The van der Waals surface area contributed by atoms with Crippen LogP contribution in [-0.2, 0) is 4.79 Å². The van der Waals surface area contributed by atoms with E-state index in [9.17, 15) is 9.59 Å². The van der Waals surface area contributed by atoms with E-state index in [4.69, 9.17) is 5.73 Å². The van der Waals surface area contributed by atoms with E-state index in [0.717, 1.165) is 12.8 Å². The summed E-state index contributed by atoms with van der Waals surface area (Å²) in [5.41, 5.74) is 5.26. The number of H-pyrrole nitrogens is 1. The summed E-state index contributed by atoms with van der Waals surface area (Å²) in [6.07, 6.45) is 4.62. The molecule has 0 atom stereocenters. The smallest absolute Gasteiger partial charge is 0.276 e. The fraction of sp³-hybridized carbons (Fsp3) is 0.545. The number of nitrogens with zero attached hydrogens (tertiary/aromatic N) is 1. The van der Waals surface area contributed by atoms with Crippen LogP contribution in [0.2, 0.25) is 0 Å². The van der Waals surface area contributed by atoms with Crippen molar-refractivity contribution in [2.45, 2.75) is 31.7 Å². The largest absolute Gasteiger partial charge is 0.391 e. The number of rotatable bonds is 6. The summed E-state index contributed by atoms with van der Waals surface area (Å²) in [5.74, 6) is 0.437. The maximum Gasteiger partial charge on any atom is 0.276 e. The molecule has 0 unspecified atom stereocenters. The Morgan fingerprint density at radius 1 is 1.56 bits per heavy atom. The van der Waals surface area contributed by atoms with Gasteiger partial charge in [-0.2, -0.15) is 0 Å². The molecule has 1 aliphatic carbocycles. The molecular weight excluding hydrogens is 234 g/mol. The van der Waals surface area contributed by atoms with E-state index in [2.05, 4.69) is 20.6 Å². The number of hydrogen-bond acceptors (Lipinski definition) is 5. The molecule has 18 heavy (non-hydrogen) atoms. The predicted octanol–water partition coefficient (Wildman–Crippen LogP) is -0.177. The van der Waals surface area contributed by atoms with Gasteiger partial charge in [0, 0.05) is 19.0 Å². The average Bonchev–Trinajstić information content (AvgIpc) is 3.13. The lowest BCUT2D eigenvalue weighted by molar-refractivity contribution is -0.121. The highest BCUT2D eigenvalue weighted by molar-refractivity contribution is 5.76. The van der Waals surface area contributed by atoms with Crippen LogP contribution < -0.4 is 21.9 Å². The zero-order valence-corrected chi connectivity index (χ0v) is 10.0. The second-order valence-corrected chi connectivity index (χ2v) is 4.37. The third-order valence-electron chi connectivity index (χ3n) is 2.70. The normalized spacial score (nSPS) is 14.2.